The Kier molecular flexibility index (Phi) is 5.55. The summed E-state index contributed by atoms with van der Waals surface area (Å²) in [6.45, 7) is 4.63. The number of anilines is 1. The summed E-state index contributed by atoms with van der Waals surface area (Å²) in [6, 6.07) is 16.1. The molecule has 22 heavy (non-hydrogen) atoms. The lowest BCUT2D eigenvalue weighted by Crippen LogP contribution is -2.24. The molecule has 0 saturated heterocycles. The van der Waals surface area contributed by atoms with Crippen LogP contribution in [0.25, 0.3) is 0 Å². The number of nitrogens with one attached hydrogen (secondary N) is 1. The molecule has 0 fully saturated rings. The molecule has 0 aromatic heterocycles. The van der Waals surface area contributed by atoms with Gasteiger partial charge in [0, 0.05) is 12.8 Å². The zero-order valence-corrected chi connectivity index (χ0v) is 13.3. The van der Waals surface area contributed by atoms with Crippen molar-refractivity contribution in [3.05, 3.63) is 65.2 Å². The zero-order valence-electron chi connectivity index (χ0n) is 13.3. The molecule has 0 aliphatic carbocycles. The lowest BCUT2D eigenvalue weighted by Gasteiger charge is -2.14. The van der Waals surface area contributed by atoms with E-state index in [1.165, 1.54) is 11.1 Å². The topological polar surface area (TPSA) is 59.6 Å². The van der Waals surface area contributed by atoms with E-state index in [0.717, 1.165) is 11.3 Å². The molecule has 0 spiro atoms. The predicted octanol–water partition coefficient (Wildman–Crippen LogP) is 3.42. The molecule has 116 valence electrons. The monoisotopic (exact) mass is 297 g/mol. The van der Waals surface area contributed by atoms with Crippen LogP contribution in [-0.4, -0.2) is 19.6 Å². The van der Waals surface area contributed by atoms with Crippen molar-refractivity contribution in [2.24, 2.45) is 10.7 Å². The molecule has 0 heterocycles. The van der Waals surface area contributed by atoms with E-state index >= 15 is 0 Å². The summed E-state index contributed by atoms with van der Waals surface area (Å²) in [5, 5.41) is 3.11. The normalized spacial score (nSPS) is 13.0. The summed E-state index contributed by atoms with van der Waals surface area (Å²) in [5.41, 5.74) is 10.5. The van der Waals surface area contributed by atoms with Gasteiger partial charge in [0.25, 0.3) is 0 Å². The molecular formula is C18H23N3O. The van der Waals surface area contributed by atoms with Gasteiger partial charge in [0.05, 0.1) is 6.54 Å². The number of aliphatic imine (C=N–C) groups is 1. The number of nitrogens with zero attached hydrogens (tertiary/aromatic N) is 1. The summed E-state index contributed by atoms with van der Waals surface area (Å²) in [7, 11) is 1.68. The first kappa shape index (κ1) is 16.0. The van der Waals surface area contributed by atoms with Crippen LogP contribution in [0.3, 0.4) is 0 Å². The van der Waals surface area contributed by atoms with E-state index in [4.69, 9.17) is 10.5 Å². The van der Waals surface area contributed by atoms with E-state index in [9.17, 15) is 0 Å². The molecule has 1 atom stereocenters. The van der Waals surface area contributed by atoms with Crippen LogP contribution in [0.2, 0.25) is 0 Å². The molecule has 3 N–H and O–H groups in total. The molecule has 4 heteroatoms. The van der Waals surface area contributed by atoms with Crippen molar-refractivity contribution >= 4 is 11.6 Å². The highest BCUT2D eigenvalue weighted by Crippen LogP contribution is 2.17. The average Bonchev–Trinajstić information content (AvgIpc) is 2.52. The number of methoxy groups -OCH3 is 1. The minimum absolute atomic E-state index is 0.0960. The highest BCUT2D eigenvalue weighted by atomic mass is 16.5. The van der Waals surface area contributed by atoms with Crippen LogP contribution in [-0.2, 0) is 4.74 Å². The van der Waals surface area contributed by atoms with Crippen LogP contribution >= 0.6 is 0 Å². The molecule has 2 aromatic rings. The minimum atomic E-state index is -0.0960. The van der Waals surface area contributed by atoms with E-state index in [1.807, 2.05) is 36.4 Å². The largest absolute Gasteiger partial charge is 0.375 e. The number of aryl methyl sites for hydroxylation is 2. The molecule has 0 bridgehead atoms. The minimum Gasteiger partial charge on any atom is -0.375 e. The number of guanidine groups is 1. The van der Waals surface area contributed by atoms with Crippen molar-refractivity contribution < 1.29 is 4.74 Å². The van der Waals surface area contributed by atoms with Gasteiger partial charge in [-0.2, -0.15) is 0 Å². The van der Waals surface area contributed by atoms with Gasteiger partial charge in [-0.1, -0.05) is 36.4 Å². The second kappa shape index (κ2) is 7.61. The zero-order chi connectivity index (χ0) is 15.9. The van der Waals surface area contributed by atoms with Crippen molar-refractivity contribution in [1.82, 2.24) is 0 Å². The fourth-order valence-electron chi connectivity index (χ4n) is 2.17. The van der Waals surface area contributed by atoms with Crippen LogP contribution < -0.4 is 11.1 Å². The maximum atomic E-state index is 5.96. The molecule has 0 saturated carbocycles. The van der Waals surface area contributed by atoms with Gasteiger partial charge in [0.15, 0.2) is 5.96 Å². The number of benzene rings is 2. The second-order valence-corrected chi connectivity index (χ2v) is 5.28. The van der Waals surface area contributed by atoms with Crippen LogP contribution in [0, 0.1) is 13.8 Å². The second-order valence-electron chi connectivity index (χ2n) is 5.28. The number of rotatable bonds is 5. The molecule has 0 aliphatic rings. The molecule has 0 amide bonds. The molecule has 0 radical (unpaired) electrons. The van der Waals surface area contributed by atoms with Gasteiger partial charge in [-0.3, -0.25) is 4.99 Å². The van der Waals surface area contributed by atoms with E-state index in [1.54, 1.807) is 7.11 Å². The summed E-state index contributed by atoms with van der Waals surface area (Å²) < 4.78 is 5.48. The maximum absolute atomic E-state index is 5.96. The van der Waals surface area contributed by atoms with Crippen LogP contribution in [0.1, 0.15) is 22.8 Å². The molecule has 2 aromatic carbocycles. The van der Waals surface area contributed by atoms with Gasteiger partial charge in [-0.25, -0.2) is 0 Å². The first-order valence-corrected chi connectivity index (χ1v) is 7.32. The highest BCUT2D eigenvalue weighted by molar-refractivity contribution is 5.92. The summed E-state index contributed by atoms with van der Waals surface area (Å²) in [5.74, 6) is 0.390. The molecular weight excluding hydrogens is 274 g/mol. The Balaban J connectivity index is 2.00. The van der Waals surface area contributed by atoms with Crippen LogP contribution in [0.15, 0.2) is 53.5 Å². The van der Waals surface area contributed by atoms with Crippen molar-refractivity contribution in [2.45, 2.75) is 20.0 Å². The smallest absolute Gasteiger partial charge is 0.193 e. The lowest BCUT2D eigenvalue weighted by molar-refractivity contribution is 0.111. The van der Waals surface area contributed by atoms with Gasteiger partial charge < -0.3 is 15.8 Å². The quantitative estimate of drug-likeness (QED) is 0.656. The SMILES string of the molecule is COC(CN=C(N)Nc1ccc(C)c(C)c1)c1ccccc1. The number of hydrogen-bond donors (Lipinski definition) is 2. The van der Waals surface area contributed by atoms with Crippen molar-refractivity contribution in [3.63, 3.8) is 0 Å². The Bertz CT molecular complexity index is 638. The standard InChI is InChI=1S/C18H23N3O/c1-13-9-10-16(11-14(13)2)21-18(19)20-12-17(22-3)15-7-5-4-6-8-15/h4-11,17H,12H2,1-3H3,(H3,19,20,21). The molecule has 4 nitrogen and oxygen atoms in total. The first-order valence-electron chi connectivity index (χ1n) is 7.32. The number of nitrogens with two attached hydrogens (primary N) is 1. The molecule has 0 aliphatic heterocycles. The Morgan fingerprint density at radius 1 is 1.14 bits per heavy atom. The third-order valence-electron chi connectivity index (χ3n) is 3.66. The summed E-state index contributed by atoms with van der Waals surface area (Å²) in [4.78, 5) is 4.38. The average molecular weight is 297 g/mol. The van der Waals surface area contributed by atoms with Gasteiger partial charge >= 0.3 is 0 Å². The Labute approximate surface area is 132 Å². The van der Waals surface area contributed by atoms with E-state index in [0.29, 0.717) is 12.5 Å². The molecule has 1 unspecified atom stereocenters. The van der Waals surface area contributed by atoms with Gasteiger partial charge in [-0.15, -0.1) is 0 Å². The lowest BCUT2D eigenvalue weighted by atomic mass is 10.1. The number of ether oxygens (including phenoxy) is 1. The van der Waals surface area contributed by atoms with Gasteiger partial charge in [0.2, 0.25) is 0 Å². The predicted molar refractivity (Wildman–Crippen MR) is 92.2 cm³/mol. The number of hydrogen-bond acceptors (Lipinski definition) is 2. The maximum Gasteiger partial charge on any atom is 0.193 e. The van der Waals surface area contributed by atoms with Crippen molar-refractivity contribution in [1.29, 1.82) is 0 Å². The Morgan fingerprint density at radius 2 is 1.86 bits per heavy atom. The fraction of sp³-hybridized carbons (Fsp3) is 0.278. The van der Waals surface area contributed by atoms with Crippen LogP contribution in [0.4, 0.5) is 5.69 Å². The molecule has 2 rings (SSSR count). The van der Waals surface area contributed by atoms with E-state index < -0.39 is 0 Å². The third kappa shape index (κ3) is 4.33. The van der Waals surface area contributed by atoms with E-state index in [2.05, 4.69) is 36.3 Å². The summed E-state index contributed by atoms with van der Waals surface area (Å²) >= 11 is 0. The van der Waals surface area contributed by atoms with E-state index in [-0.39, 0.29) is 6.10 Å². The first-order chi connectivity index (χ1) is 10.6. The summed E-state index contributed by atoms with van der Waals surface area (Å²) in [6.07, 6.45) is -0.0960. The van der Waals surface area contributed by atoms with Crippen LogP contribution in [0.5, 0.6) is 0 Å². The Hall–Kier alpha value is -2.33. The van der Waals surface area contributed by atoms with Crippen molar-refractivity contribution in [3.8, 4) is 0 Å². The Morgan fingerprint density at radius 3 is 2.50 bits per heavy atom. The van der Waals surface area contributed by atoms with Gasteiger partial charge in [-0.05, 0) is 42.7 Å². The van der Waals surface area contributed by atoms with Crippen molar-refractivity contribution in [2.75, 3.05) is 19.0 Å². The highest BCUT2D eigenvalue weighted by Gasteiger charge is 2.09. The third-order valence-corrected chi connectivity index (χ3v) is 3.66. The fourth-order valence-corrected chi connectivity index (χ4v) is 2.17. The van der Waals surface area contributed by atoms with Gasteiger partial charge in [0.1, 0.15) is 6.10 Å².